The first-order valence-corrected chi connectivity index (χ1v) is 6.28. The number of carboxylic acid groups (broad SMARTS) is 1. The van der Waals surface area contributed by atoms with Crippen LogP contribution in [-0.4, -0.2) is 34.3 Å². The van der Waals surface area contributed by atoms with Gasteiger partial charge < -0.3 is 15.3 Å². The fraction of sp³-hybridized carbons (Fsp3) is 0. The molecule has 0 aromatic heterocycles. The van der Waals surface area contributed by atoms with Gasteiger partial charge in [-0.3, -0.25) is 4.55 Å². The Bertz CT molecular complexity index is 792. The van der Waals surface area contributed by atoms with Crippen LogP contribution in [0.5, 0.6) is 11.5 Å². The van der Waals surface area contributed by atoms with Crippen molar-refractivity contribution in [2.45, 2.75) is 4.90 Å². The van der Waals surface area contributed by atoms with Crippen molar-refractivity contribution in [3.05, 3.63) is 29.8 Å². The zero-order valence-corrected chi connectivity index (χ0v) is 9.97. The number of fused-ring (bicyclic) bond motifs is 1. The normalized spacial score (nSPS) is 11.6. The molecule has 19 heavy (non-hydrogen) atoms. The number of carbonyl (C=O) groups is 1. The molecule has 0 aliphatic heterocycles. The Morgan fingerprint density at radius 3 is 2.37 bits per heavy atom. The Balaban J connectivity index is 3.08. The maximum absolute atomic E-state index is 11.1. The van der Waals surface area contributed by atoms with Crippen molar-refractivity contribution in [3.8, 4) is 11.5 Å². The summed E-state index contributed by atoms with van der Waals surface area (Å²) in [5.74, 6) is -3.16. The Morgan fingerprint density at radius 2 is 1.84 bits per heavy atom. The van der Waals surface area contributed by atoms with Crippen LogP contribution in [0.4, 0.5) is 0 Å². The number of rotatable bonds is 2. The summed E-state index contributed by atoms with van der Waals surface area (Å²) in [5, 5.41) is 28.0. The Hall–Kier alpha value is -2.32. The van der Waals surface area contributed by atoms with Crippen LogP contribution in [0.25, 0.3) is 10.8 Å². The van der Waals surface area contributed by atoms with E-state index in [2.05, 4.69) is 6.07 Å². The van der Waals surface area contributed by atoms with Gasteiger partial charge in [0.1, 0.15) is 22.0 Å². The first-order chi connectivity index (χ1) is 8.73. The van der Waals surface area contributed by atoms with Crippen LogP contribution in [0.15, 0.2) is 23.1 Å². The number of phenolic OH excluding ortho intramolecular Hbond substituents is 1. The van der Waals surface area contributed by atoms with E-state index in [1.54, 1.807) is 0 Å². The number of phenols is 2. The number of aromatic carboxylic acids is 1. The largest absolute Gasteiger partial charge is 0.507 e. The molecule has 0 bridgehead atoms. The molecule has 0 heterocycles. The van der Waals surface area contributed by atoms with Gasteiger partial charge in [-0.1, -0.05) is 12.1 Å². The molecule has 0 spiro atoms. The quantitative estimate of drug-likeness (QED) is 0.604. The number of carboxylic acids is 1. The monoisotopic (exact) mass is 283 g/mol. The highest BCUT2D eigenvalue weighted by Gasteiger charge is 2.27. The van der Waals surface area contributed by atoms with Gasteiger partial charge in [0.15, 0.2) is 0 Å². The van der Waals surface area contributed by atoms with Gasteiger partial charge in [0.05, 0.1) is 5.39 Å². The summed E-state index contributed by atoms with van der Waals surface area (Å²) < 4.78 is 31.2. The molecule has 2 aromatic rings. The molecule has 99 valence electrons. The SMILES string of the molecule is O=C(O)c1c(S(=O)(=O)O)[c]c2cccc(O)c2c1O. The molecule has 0 unspecified atom stereocenters. The highest BCUT2D eigenvalue weighted by Crippen LogP contribution is 2.38. The van der Waals surface area contributed by atoms with Crippen molar-refractivity contribution >= 4 is 26.9 Å². The van der Waals surface area contributed by atoms with Crippen molar-refractivity contribution in [1.82, 2.24) is 0 Å². The number of aromatic hydroxyl groups is 2. The lowest BCUT2D eigenvalue weighted by molar-refractivity contribution is 0.0689. The van der Waals surface area contributed by atoms with E-state index in [1.165, 1.54) is 18.2 Å². The van der Waals surface area contributed by atoms with E-state index in [-0.39, 0.29) is 10.8 Å². The number of benzene rings is 2. The zero-order valence-electron chi connectivity index (χ0n) is 9.15. The van der Waals surface area contributed by atoms with Gasteiger partial charge in [0, 0.05) is 6.07 Å². The molecule has 1 radical (unpaired) electrons. The molecule has 0 fully saturated rings. The van der Waals surface area contributed by atoms with E-state index < -0.39 is 38.0 Å². The summed E-state index contributed by atoms with van der Waals surface area (Å²) in [6, 6.07) is 6.00. The summed E-state index contributed by atoms with van der Waals surface area (Å²) >= 11 is 0. The summed E-state index contributed by atoms with van der Waals surface area (Å²) in [6.07, 6.45) is 0. The molecule has 2 aromatic carbocycles. The van der Waals surface area contributed by atoms with Gasteiger partial charge in [0.25, 0.3) is 10.1 Å². The molecular formula is C11H7O7S. The Morgan fingerprint density at radius 1 is 1.21 bits per heavy atom. The molecule has 0 aliphatic rings. The predicted octanol–water partition coefficient (Wildman–Crippen LogP) is 0.996. The maximum Gasteiger partial charge on any atom is 0.340 e. The van der Waals surface area contributed by atoms with E-state index >= 15 is 0 Å². The van der Waals surface area contributed by atoms with Crippen LogP contribution >= 0.6 is 0 Å². The van der Waals surface area contributed by atoms with Gasteiger partial charge in [-0.2, -0.15) is 8.42 Å². The van der Waals surface area contributed by atoms with Crippen LogP contribution in [0.1, 0.15) is 10.4 Å². The summed E-state index contributed by atoms with van der Waals surface area (Å²) in [5.41, 5.74) is -1.04. The lowest BCUT2D eigenvalue weighted by atomic mass is 10.0. The highest BCUT2D eigenvalue weighted by molar-refractivity contribution is 7.86. The maximum atomic E-state index is 11.1. The molecular weight excluding hydrogens is 276 g/mol. The summed E-state index contributed by atoms with van der Waals surface area (Å²) in [7, 11) is -4.88. The van der Waals surface area contributed by atoms with Crippen molar-refractivity contribution in [3.63, 3.8) is 0 Å². The van der Waals surface area contributed by atoms with E-state index in [0.29, 0.717) is 0 Å². The standard InChI is InChI=1S/C11H7O7S/c12-6-3-1-2-5-4-7(19(16,17)18)9(11(14)15)10(13)8(5)6/h1-3,12-13H,(H,14,15)(H,16,17,18). The minimum Gasteiger partial charge on any atom is -0.507 e. The molecule has 2 rings (SSSR count). The highest BCUT2D eigenvalue weighted by atomic mass is 32.2. The van der Waals surface area contributed by atoms with Gasteiger partial charge in [-0.05, 0) is 11.5 Å². The smallest absolute Gasteiger partial charge is 0.340 e. The Kier molecular flexibility index (Phi) is 2.84. The molecule has 4 N–H and O–H groups in total. The third-order valence-corrected chi connectivity index (χ3v) is 3.29. The second-order valence-corrected chi connectivity index (χ2v) is 5.02. The van der Waals surface area contributed by atoms with Gasteiger partial charge in [-0.15, -0.1) is 0 Å². The minimum absolute atomic E-state index is 0.0462. The molecule has 0 saturated carbocycles. The summed E-state index contributed by atoms with van der Waals surface area (Å²) in [6.45, 7) is 0. The average molecular weight is 283 g/mol. The Labute approximate surface area is 107 Å². The van der Waals surface area contributed by atoms with E-state index in [0.717, 1.165) is 0 Å². The van der Waals surface area contributed by atoms with Gasteiger partial charge in [-0.25, -0.2) is 4.79 Å². The second-order valence-electron chi connectivity index (χ2n) is 3.66. The van der Waals surface area contributed by atoms with Crippen LogP contribution in [-0.2, 0) is 10.1 Å². The first kappa shape index (κ1) is 13.1. The molecule has 7 nitrogen and oxygen atoms in total. The lowest BCUT2D eigenvalue weighted by Crippen LogP contribution is -2.09. The van der Waals surface area contributed by atoms with Crippen LogP contribution in [0, 0.1) is 6.07 Å². The second kappa shape index (κ2) is 4.11. The predicted molar refractivity (Wildman–Crippen MR) is 62.9 cm³/mol. The molecule has 0 aliphatic carbocycles. The van der Waals surface area contributed by atoms with Gasteiger partial charge in [0.2, 0.25) is 0 Å². The van der Waals surface area contributed by atoms with E-state index in [4.69, 9.17) is 9.66 Å². The fourth-order valence-electron chi connectivity index (χ4n) is 1.70. The molecule has 0 saturated heterocycles. The van der Waals surface area contributed by atoms with Crippen molar-refractivity contribution in [2.75, 3.05) is 0 Å². The number of hydrogen-bond acceptors (Lipinski definition) is 5. The third-order valence-electron chi connectivity index (χ3n) is 2.46. The van der Waals surface area contributed by atoms with Crippen LogP contribution in [0.3, 0.4) is 0 Å². The van der Waals surface area contributed by atoms with Crippen LogP contribution in [0.2, 0.25) is 0 Å². The van der Waals surface area contributed by atoms with Crippen LogP contribution < -0.4 is 0 Å². The topological polar surface area (TPSA) is 132 Å². The number of hydrogen-bond donors (Lipinski definition) is 4. The fourth-order valence-corrected chi connectivity index (χ4v) is 2.38. The lowest BCUT2D eigenvalue weighted by Gasteiger charge is -2.09. The van der Waals surface area contributed by atoms with E-state index in [1.807, 2.05) is 0 Å². The first-order valence-electron chi connectivity index (χ1n) is 4.84. The van der Waals surface area contributed by atoms with Crippen molar-refractivity contribution in [2.24, 2.45) is 0 Å². The minimum atomic E-state index is -4.88. The van der Waals surface area contributed by atoms with Crippen molar-refractivity contribution < 1.29 is 33.1 Å². The third kappa shape index (κ3) is 2.07. The zero-order chi connectivity index (χ0) is 14.4. The van der Waals surface area contributed by atoms with Crippen molar-refractivity contribution in [1.29, 1.82) is 0 Å². The average Bonchev–Trinajstić information content (AvgIpc) is 2.26. The summed E-state index contributed by atoms with van der Waals surface area (Å²) in [4.78, 5) is 9.95. The van der Waals surface area contributed by atoms with E-state index in [9.17, 15) is 23.4 Å². The van der Waals surface area contributed by atoms with Gasteiger partial charge >= 0.3 is 5.97 Å². The molecule has 8 heteroatoms. The molecule has 0 atom stereocenters. The molecule has 0 amide bonds.